The number of nitrogens with one attached hydrogen (secondary N) is 2. The first-order chi connectivity index (χ1) is 8.11. The van der Waals surface area contributed by atoms with E-state index in [0.717, 1.165) is 11.4 Å². The Kier molecular flexibility index (Phi) is 6.40. The second kappa shape index (κ2) is 7.58. The molecular weight excluding hydrogens is 256 g/mol. The van der Waals surface area contributed by atoms with Crippen LogP contribution in [0.25, 0.3) is 0 Å². The molecule has 1 amide bonds. The summed E-state index contributed by atoms with van der Waals surface area (Å²) in [6.07, 6.45) is 2.05. The maximum absolute atomic E-state index is 11.6. The summed E-state index contributed by atoms with van der Waals surface area (Å²) in [4.78, 5) is 11.6. The van der Waals surface area contributed by atoms with Gasteiger partial charge in [0.25, 0.3) is 0 Å². The molecule has 0 radical (unpaired) electrons. The molecule has 1 atom stereocenters. The Labute approximate surface area is 111 Å². The third-order valence-electron chi connectivity index (χ3n) is 2.14. The van der Waals surface area contributed by atoms with E-state index in [0.29, 0.717) is 17.6 Å². The summed E-state index contributed by atoms with van der Waals surface area (Å²) in [5, 5.41) is 6.56. The van der Waals surface area contributed by atoms with Crippen LogP contribution in [0, 0.1) is 0 Å². The van der Waals surface area contributed by atoms with Crippen molar-refractivity contribution in [2.24, 2.45) is 0 Å². The van der Waals surface area contributed by atoms with Crippen molar-refractivity contribution in [3.05, 3.63) is 29.3 Å². The molecule has 1 rings (SSSR count). The molecule has 1 aromatic carbocycles. The fraction of sp³-hybridized carbons (Fsp3) is 0.417. The second-order valence-electron chi connectivity index (χ2n) is 3.80. The first kappa shape index (κ1) is 14.4. The molecule has 1 unspecified atom stereocenters. The largest absolute Gasteiger partial charge is 0.325 e. The van der Waals surface area contributed by atoms with Gasteiger partial charge in [-0.2, -0.15) is 11.8 Å². The van der Waals surface area contributed by atoms with E-state index in [-0.39, 0.29) is 5.91 Å². The molecule has 0 heterocycles. The average molecular weight is 273 g/mol. The van der Waals surface area contributed by atoms with Gasteiger partial charge in [-0.05, 0) is 31.4 Å². The molecule has 17 heavy (non-hydrogen) atoms. The van der Waals surface area contributed by atoms with Crippen LogP contribution in [-0.2, 0) is 4.79 Å². The van der Waals surface area contributed by atoms with Crippen molar-refractivity contribution in [2.75, 3.05) is 23.9 Å². The summed E-state index contributed by atoms with van der Waals surface area (Å²) in [6, 6.07) is 7.45. The van der Waals surface area contributed by atoms with Gasteiger partial charge in [-0.3, -0.25) is 4.79 Å². The minimum Gasteiger partial charge on any atom is -0.325 e. The molecular formula is C12H17ClN2OS. The predicted octanol–water partition coefficient (Wildman–Crippen LogP) is 2.62. The van der Waals surface area contributed by atoms with E-state index in [2.05, 4.69) is 17.6 Å². The van der Waals surface area contributed by atoms with Gasteiger partial charge in [0.15, 0.2) is 0 Å². The number of rotatable bonds is 6. The fourth-order valence-electron chi connectivity index (χ4n) is 1.35. The Hall–Kier alpha value is -0.710. The van der Waals surface area contributed by atoms with Crippen molar-refractivity contribution < 1.29 is 4.79 Å². The molecule has 94 valence electrons. The lowest BCUT2D eigenvalue weighted by atomic mass is 10.3. The highest BCUT2D eigenvalue weighted by Gasteiger charge is 2.05. The highest BCUT2D eigenvalue weighted by atomic mass is 35.5. The first-order valence-corrected chi connectivity index (χ1v) is 7.16. The van der Waals surface area contributed by atoms with Crippen LogP contribution in [-0.4, -0.2) is 30.5 Å². The summed E-state index contributed by atoms with van der Waals surface area (Å²) >= 11 is 7.58. The lowest BCUT2D eigenvalue weighted by molar-refractivity contribution is -0.115. The monoisotopic (exact) mass is 272 g/mol. The Morgan fingerprint density at radius 2 is 2.29 bits per heavy atom. The predicted molar refractivity (Wildman–Crippen MR) is 75.9 cm³/mol. The molecule has 0 aromatic heterocycles. The van der Waals surface area contributed by atoms with Gasteiger partial charge in [0.05, 0.1) is 6.54 Å². The van der Waals surface area contributed by atoms with Crippen molar-refractivity contribution >= 4 is 35.0 Å². The summed E-state index contributed by atoms with van der Waals surface area (Å²) < 4.78 is 0. The lowest BCUT2D eigenvalue weighted by Crippen LogP contribution is -2.35. The van der Waals surface area contributed by atoms with E-state index in [1.165, 1.54) is 0 Å². The van der Waals surface area contributed by atoms with E-state index in [9.17, 15) is 4.79 Å². The first-order valence-electron chi connectivity index (χ1n) is 5.39. The van der Waals surface area contributed by atoms with Crippen LogP contribution < -0.4 is 10.6 Å². The number of carbonyl (C=O) groups is 1. The minimum absolute atomic E-state index is 0.0554. The number of thioether (sulfide) groups is 1. The van der Waals surface area contributed by atoms with Crippen LogP contribution in [0.5, 0.6) is 0 Å². The van der Waals surface area contributed by atoms with E-state index in [1.54, 1.807) is 23.9 Å². The van der Waals surface area contributed by atoms with Gasteiger partial charge in [0.2, 0.25) is 5.91 Å². The van der Waals surface area contributed by atoms with Gasteiger partial charge in [-0.15, -0.1) is 0 Å². The number of amides is 1. The Morgan fingerprint density at radius 3 is 2.94 bits per heavy atom. The number of anilines is 1. The smallest absolute Gasteiger partial charge is 0.238 e. The molecule has 0 aliphatic rings. The maximum atomic E-state index is 11.6. The number of halogens is 1. The molecule has 0 spiro atoms. The molecule has 0 saturated carbocycles. The van der Waals surface area contributed by atoms with Crippen LogP contribution in [0.2, 0.25) is 5.02 Å². The molecule has 1 aromatic rings. The quantitative estimate of drug-likeness (QED) is 0.836. The van der Waals surface area contributed by atoms with Gasteiger partial charge in [0.1, 0.15) is 0 Å². The third-order valence-corrected chi connectivity index (χ3v) is 3.20. The number of benzene rings is 1. The van der Waals surface area contributed by atoms with Gasteiger partial charge in [0, 0.05) is 22.5 Å². The Balaban J connectivity index is 2.34. The van der Waals surface area contributed by atoms with Crippen molar-refractivity contribution in [1.29, 1.82) is 0 Å². The molecule has 0 fully saturated rings. The topological polar surface area (TPSA) is 41.1 Å². The van der Waals surface area contributed by atoms with Crippen LogP contribution in [0.3, 0.4) is 0 Å². The van der Waals surface area contributed by atoms with Crippen LogP contribution in [0.4, 0.5) is 5.69 Å². The maximum Gasteiger partial charge on any atom is 0.238 e. The van der Waals surface area contributed by atoms with Crippen LogP contribution >= 0.6 is 23.4 Å². The van der Waals surface area contributed by atoms with Crippen molar-refractivity contribution in [2.45, 2.75) is 13.0 Å². The third kappa shape index (κ3) is 5.96. The zero-order valence-electron chi connectivity index (χ0n) is 10.00. The molecule has 0 aliphatic carbocycles. The summed E-state index contributed by atoms with van der Waals surface area (Å²) in [5.74, 6) is 0.935. The number of hydrogen-bond acceptors (Lipinski definition) is 3. The molecule has 2 N–H and O–H groups in total. The second-order valence-corrected chi connectivity index (χ2v) is 5.14. The number of hydrogen-bond donors (Lipinski definition) is 2. The SMILES string of the molecule is CSCC(C)NCC(=O)Nc1cccc(Cl)c1. The van der Waals surface area contributed by atoms with Gasteiger partial charge in [-0.1, -0.05) is 17.7 Å². The summed E-state index contributed by atoms with van der Waals surface area (Å²) in [6.45, 7) is 2.37. The van der Waals surface area contributed by atoms with Gasteiger partial charge >= 0.3 is 0 Å². The van der Waals surface area contributed by atoms with Gasteiger partial charge < -0.3 is 10.6 Å². The standard InChI is InChI=1S/C12H17ClN2OS/c1-9(8-17-2)14-7-12(16)15-11-5-3-4-10(13)6-11/h3-6,9,14H,7-8H2,1-2H3,(H,15,16). The van der Waals surface area contributed by atoms with Crippen molar-refractivity contribution in [1.82, 2.24) is 5.32 Å². The highest BCUT2D eigenvalue weighted by Crippen LogP contribution is 2.14. The Morgan fingerprint density at radius 1 is 1.53 bits per heavy atom. The molecule has 0 bridgehead atoms. The van der Waals surface area contributed by atoms with E-state index in [4.69, 9.17) is 11.6 Å². The lowest BCUT2D eigenvalue weighted by Gasteiger charge is -2.12. The normalized spacial score (nSPS) is 12.2. The van der Waals surface area contributed by atoms with Crippen LogP contribution in [0.1, 0.15) is 6.92 Å². The molecule has 5 heteroatoms. The Bertz CT molecular complexity index is 373. The molecule has 0 saturated heterocycles. The van der Waals surface area contributed by atoms with E-state index < -0.39 is 0 Å². The zero-order chi connectivity index (χ0) is 12.7. The van der Waals surface area contributed by atoms with E-state index in [1.807, 2.05) is 18.4 Å². The summed E-state index contributed by atoms with van der Waals surface area (Å²) in [5.41, 5.74) is 0.724. The van der Waals surface area contributed by atoms with Crippen molar-refractivity contribution in [3.63, 3.8) is 0 Å². The minimum atomic E-state index is -0.0554. The summed E-state index contributed by atoms with van der Waals surface area (Å²) in [7, 11) is 0. The van der Waals surface area contributed by atoms with Crippen molar-refractivity contribution in [3.8, 4) is 0 Å². The fourth-order valence-corrected chi connectivity index (χ4v) is 2.16. The number of carbonyl (C=O) groups excluding carboxylic acids is 1. The molecule has 3 nitrogen and oxygen atoms in total. The van der Waals surface area contributed by atoms with E-state index >= 15 is 0 Å². The average Bonchev–Trinajstić information content (AvgIpc) is 2.27. The van der Waals surface area contributed by atoms with Gasteiger partial charge in [-0.25, -0.2) is 0 Å². The highest BCUT2D eigenvalue weighted by molar-refractivity contribution is 7.98. The molecule has 0 aliphatic heterocycles. The van der Waals surface area contributed by atoms with Crippen LogP contribution in [0.15, 0.2) is 24.3 Å². The zero-order valence-corrected chi connectivity index (χ0v) is 11.6.